The van der Waals surface area contributed by atoms with Gasteiger partial charge in [-0.05, 0) is 37.3 Å². The number of ether oxygens (including phenoxy) is 1. The highest BCUT2D eigenvalue weighted by Crippen LogP contribution is 2.42. The summed E-state index contributed by atoms with van der Waals surface area (Å²) >= 11 is 0. The first-order valence-electron chi connectivity index (χ1n) is 7.22. The van der Waals surface area contributed by atoms with E-state index in [-0.39, 0.29) is 0 Å². The van der Waals surface area contributed by atoms with Crippen molar-refractivity contribution in [1.82, 2.24) is 9.78 Å². The second-order valence-electron chi connectivity index (χ2n) is 5.34. The van der Waals surface area contributed by atoms with Gasteiger partial charge in [-0.1, -0.05) is 18.2 Å². The van der Waals surface area contributed by atoms with Gasteiger partial charge in [0.25, 0.3) is 0 Å². The van der Waals surface area contributed by atoms with Crippen molar-refractivity contribution < 1.29 is 4.74 Å². The summed E-state index contributed by atoms with van der Waals surface area (Å²) in [6.45, 7) is 3.01. The fraction of sp³-hybridized carbons (Fsp3) is 0.438. The van der Waals surface area contributed by atoms with E-state index in [2.05, 4.69) is 35.7 Å². The molecule has 1 saturated carbocycles. The minimum atomic E-state index is 0.541. The van der Waals surface area contributed by atoms with Crippen LogP contribution in [0.5, 0.6) is 5.75 Å². The topological polar surface area (TPSA) is 39.1 Å². The van der Waals surface area contributed by atoms with E-state index in [0.717, 1.165) is 30.8 Å². The summed E-state index contributed by atoms with van der Waals surface area (Å²) in [5.41, 5.74) is 2.45. The number of nitrogens with zero attached hydrogens (tertiary/aromatic N) is 2. The standard InChI is InChI=1S/C16H21N3O/c1-3-19-11-14(10-17-19)18-13-8-12(9-13)15-6-4-5-7-16(15)20-2/h4-7,10-13,18H,3,8-9H2,1-2H3. The van der Waals surface area contributed by atoms with Crippen molar-refractivity contribution in [1.29, 1.82) is 0 Å². The smallest absolute Gasteiger partial charge is 0.122 e. The normalized spacial score (nSPS) is 21.3. The van der Waals surface area contributed by atoms with Gasteiger partial charge >= 0.3 is 0 Å². The Kier molecular flexibility index (Phi) is 3.63. The highest BCUT2D eigenvalue weighted by atomic mass is 16.5. The van der Waals surface area contributed by atoms with Crippen LogP contribution < -0.4 is 10.1 Å². The van der Waals surface area contributed by atoms with Gasteiger partial charge in [0.05, 0.1) is 19.0 Å². The largest absolute Gasteiger partial charge is 0.496 e. The summed E-state index contributed by atoms with van der Waals surface area (Å²) in [5, 5.41) is 7.83. The van der Waals surface area contributed by atoms with Crippen LogP contribution in [0.15, 0.2) is 36.7 Å². The number of aromatic nitrogens is 2. The fourth-order valence-electron chi connectivity index (χ4n) is 2.84. The molecule has 0 bridgehead atoms. The van der Waals surface area contributed by atoms with Crippen LogP contribution in [0, 0.1) is 0 Å². The minimum Gasteiger partial charge on any atom is -0.496 e. The van der Waals surface area contributed by atoms with Gasteiger partial charge in [0, 0.05) is 18.8 Å². The van der Waals surface area contributed by atoms with Crippen molar-refractivity contribution in [2.24, 2.45) is 0 Å². The number of hydrogen-bond acceptors (Lipinski definition) is 3. The second kappa shape index (κ2) is 5.57. The molecule has 0 spiro atoms. The molecule has 0 saturated heterocycles. The van der Waals surface area contributed by atoms with Gasteiger partial charge in [-0.2, -0.15) is 5.10 Å². The molecule has 106 valence electrons. The van der Waals surface area contributed by atoms with Gasteiger partial charge in [0.2, 0.25) is 0 Å². The number of anilines is 1. The second-order valence-corrected chi connectivity index (χ2v) is 5.34. The average Bonchev–Trinajstić information content (AvgIpc) is 2.90. The predicted molar refractivity (Wildman–Crippen MR) is 80.3 cm³/mol. The van der Waals surface area contributed by atoms with Gasteiger partial charge in [0.15, 0.2) is 0 Å². The number of para-hydroxylation sites is 1. The molecule has 2 aromatic rings. The zero-order valence-electron chi connectivity index (χ0n) is 12.0. The molecule has 1 fully saturated rings. The Morgan fingerprint density at radius 2 is 2.15 bits per heavy atom. The van der Waals surface area contributed by atoms with E-state index in [0.29, 0.717) is 12.0 Å². The van der Waals surface area contributed by atoms with Crippen molar-refractivity contribution >= 4 is 5.69 Å². The summed E-state index contributed by atoms with van der Waals surface area (Å²) in [7, 11) is 1.74. The molecule has 0 radical (unpaired) electrons. The molecular weight excluding hydrogens is 250 g/mol. The molecule has 1 N–H and O–H groups in total. The van der Waals surface area contributed by atoms with Crippen molar-refractivity contribution in [2.45, 2.75) is 38.3 Å². The number of hydrogen-bond donors (Lipinski definition) is 1. The molecular formula is C16H21N3O. The monoisotopic (exact) mass is 271 g/mol. The Bertz CT molecular complexity index is 573. The van der Waals surface area contributed by atoms with E-state index >= 15 is 0 Å². The summed E-state index contributed by atoms with van der Waals surface area (Å²) < 4.78 is 7.38. The van der Waals surface area contributed by atoms with Crippen LogP contribution in [0.2, 0.25) is 0 Å². The van der Waals surface area contributed by atoms with Crippen LogP contribution in [-0.4, -0.2) is 22.9 Å². The van der Waals surface area contributed by atoms with Gasteiger partial charge in [0.1, 0.15) is 5.75 Å². The lowest BCUT2D eigenvalue weighted by atomic mass is 9.75. The number of benzene rings is 1. The Morgan fingerprint density at radius 1 is 1.35 bits per heavy atom. The van der Waals surface area contributed by atoms with Gasteiger partial charge in [-0.15, -0.1) is 0 Å². The predicted octanol–water partition coefficient (Wildman–Crippen LogP) is 3.27. The molecule has 1 aromatic heterocycles. The quantitative estimate of drug-likeness (QED) is 0.907. The lowest BCUT2D eigenvalue weighted by Crippen LogP contribution is -2.34. The molecule has 1 aliphatic rings. The van der Waals surface area contributed by atoms with E-state index in [1.165, 1.54) is 5.56 Å². The Labute approximate surface area is 119 Å². The van der Waals surface area contributed by atoms with E-state index in [1.54, 1.807) is 7.11 Å². The summed E-state index contributed by atoms with van der Waals surface area (Å²) in [4.78, 5) is 0. The zero-order valence-corrected chi connectivity index (χ0v) is 12.0. The van der Waals surface area contributed by atoms with Gasteiger partial charge in [-0.3, -0.25) is 4.68 Å². The van der Waals surface area contributed by atoms with Gasteiger partial charge in [-0.25, -0.2) is 0 Å². The van der Waals surface area contributed by atoms with E-state index in [4.69, 9.17) is 4.74 Å². The van der Waals surface area contributed by atoms with Crippen LogP contribution in [-0.2, 0) is 6.54 Å². The van der Waals surface area contributed by atoms with Gasteiger partial charge < -0.3 is 10.1 Å². The van der Waals surface area contributed by atoms with Crippen LogP contribution >= 0.6 is 0 Å². The maximum absolute atomic E-state index is 5.44. The number of rotatable bonds is 5. The van der Waals surface area contributed by atoms with E-state index < -0.39 is 0 Å². The lowest BCUT2D eigenvalue weighted by Gasteiger charge is -2.37. The third-order valence-electron chi connectivity index (χ3n) is 4.04. The molecule has 1 heterocycles. The number of aryl methyl sites for hydroxylation is 1. The van der Waals surface area contributed by atoms with Crippen molar-refractivity contribution in [3.05, 3.63) is 42.2 Å². The molecule has 0 aliphatic heterocycles. The molecule has 3 rings (SSSR count). The summed E-state index contributed by atoms with van der Waals surface area (Å²) in [5.74, 6) is 1.61. The molecule has 4 nitrogen and oxygen atoms in total. The van der Waals surface area contributed by atoms with Crippen molar-refractivity contribution in [2.75, 3.05) is 12.4 Å². The maximum Gasteiger partial charge on any atom is 0.122 e. The first kappa shape index (κ1) is 13.0. The molecule has 1 aromatic carbocycles. The number of nitrogens with one attached hydrogen (secondary N) is 1. The molecule has 4 heteroatoms. The highest BCUT2D eigenvalue weighted by molar-refractivity contribution is 5.43. The van der Waals surface area contributed by atoms with Crippen molar-refractivity contribution in [3.8, 4) is 5.75 Å². The van der Waals surface area contributed by atoms with E-state index in [9.17, 15) is 0 Å². The Hall–Kier alpha value is -1.97. The fourth-order valence-corrected chi connectivity index (χ4v) is 2.84. The Balaban J connectivity index is 1.58. The van der Waals surface area contributed by atoms with Crippen molar-refractivity contribution in [3.63, 3.8) is 0 Å². The highest BCUT2D eigenvalue weighted by Gasteiger charge is 2.32. The summed E-state index contributed by atoms with van der Waals surface area (Å²) in [6.07, 6.45) is 6.27. The Morgan fingerprint density at radius 3 is 2.85 bits per heavy atom. The van der Waals surface area contributed by atoms with E-state index in [1.807, 2.05) is 23.0 Å². The summed E-state index contributed by atoms with van der Waals surface area (Å²) in [6, 6.07) is 8.87. The first-order valence-corrected chi connectivity index (χ1v) is 7.22. The lowest BCUT2D eigenvalue weighted by molar-refractivity contribution is 0.350. The molecule has 20 heavy (non-hydrogen) atoms. The molecule has 0 unspecified atom stereocenters. The third kappa shape index (κ3) is 2.50. The zero-order chi connectivity index (χ0) is 13.9. The van der Waals surface area contributed by atoms with Crippen LogP contribution in [0.25, 0.3) is 0 Å². The SMILES string of the molecule is CCn1cc(NC2CC(c3ccccc3OC)C2)cn1. The molecule has 0 atom stereocenters. The minimum absolute atomic E-state index is 0.541. The first-order chi connectivity index (χ1) is 9.80. The molecule has 0 amide bonds. The molecule has 1 aliphatic carbocycles. The van der Waals surface area contributed by atoms with Crippen LogP contribution in [0.4, 0.5) is 5.69 Å². The number of methoxy groups -OCH3 is 1. The average molecular weight is 271 g/mol. The third-order valence-corrected chi connectivity index (χ3v) is 4.04. The maximum atomic E-state index is 5.44. The van der Waals surface area contributed by atoms with Crippen LogP contribution in [0.1, 0.15) is 31.2 Å². The van der Waals surface area contributed by atoms with Crippen LogP contribution in [0.3, 0.4) is 0 Å².